The van der Waals surface area contributed by atoms with Crippen LogP contribution in [0.25, 0.3) is 0 Å². The Hall–Kier alpha value is -1.86. The van der Waals surface area contributed by atoms with E-state index < -0.39 is 5.91 Å². The Kier molecular flexibility index (Phi) is 5.35. The highest BCUT2D eigenvalue weighted by Crippen LogP contribution is 2.20. The van der Waals surface area contributed by atoms with Gasteiger partial charge < -0.3 is 9.73 Å². The maximum absolute atomic E-state index is 11.5. The highest BCUT2D eigenvalue weighted by molar-refractivity contribution is 5.92. The van der Waals surface area contributed by atoms with E-state index in [4.69, 9.17) is 10.3 Å². The van der Waals surface area contributed by atoms with Crippen LogP contribution in [0.15, 0.2) is 16.7 Å². The van der Waals surface area contributed by atoms with E-state index in [0.29, 0.717) is 12.5 Å². The third kappa shape index (κ3) is 4.30. The molecule has 1 fully saturated rings. The van der Waals surface area contributed by atoms with E-state index in [-0.39, 0.29) is 11.7 Å². The standard InChI is InChI=1S/C14H22N4O3/c1-10(19)16-8-11-2-5-18(6-3-11)9-12-4-7-21-13(12)14(20)17-15/h4,7,11H,2-3,5-6,8-9,15H2,1H3,(H,16,19)(H,17,20). The number of carbonyl (C=O) groups is 2. The molecule has 0 bridgehead atoms. The number of piperidine rings is 1. The molecular formula is C14H22N4O3. The van der Waals surface area contributed by atoms with Crippen molar-refractivity contribution >= 4 is 11.8 Å². The highest BCUT2D eigenvalue weighted by atomic mass is 16.3. The largest absolute Gasteiger partial charge is 0.459 e. The number of nitrogen functional groups attached to an aromatic ring is 1. The van der Waals surface area contributed by atoms with E-state index in [1.54, 1.807) is 6.07 Å². The minimum atomic E-state index is -0.407. The van der Waals surface area contributed by atoms with Crippen LogP contribution >= 0.6 is 0 Å². The number of furan rings is 1. The minimum Gasteiger partial charge on any atom is -0.459 e. The number of carbonyl (C=O) groups excluding carboxylic acids is 2. The lowest BCUT2D eigenvalue weighted by Gasteiger charge is -2.31. The first kappa shape index (κ1) is 15.5. The Morgan fingerprint density at radius 1 is 1.43 bits per heavy atom. The van der Waals surface area contributed by atoms with Crippen molar-refractivity contribution in [2.24, 2.45) is 11.8 Å². The van der Waals surface area contributed by atoms with Gasteiger partial charge in [-0.05, 0) is 37.9 Å². The van der Waals surface area contributed by atoms with Crippen molar-refractivity contribution in [1.29, 1.82) is 0 Å². The summed E-state index contributed by atoms with van der Waals surface area (Å²) in [5.74, 6) is 5.55. The quantitative estimate of drug-likeness (QED) is 0.410. The molecule has 0 spiro atoms. The van der Waals surface area contributed by atoms with Crippen molar-refractivity contribution in [2.45, 2.75) is 26.3 Å². The lowest BCUT2D eigenvalue weighted by atomic mass is 9.96. The Morgan fingerprint density at radius 3 is 2.76 bits per heavy atom. The van der Waals surface area contributed by atoms with Crippen LogP contribution in [0.2, 0.25) is 0 Å². The first-order valence-electron chi connectivity index (χ1n) is 7.14. The van der Waals surface area contributed by atoms with Gasteiger partial charge in [-0.15, -0.1) is 0 Å². The normalized spacial score (nSPS) is 16.7. The summed E-state index contributed by atoms with van der Waals surface area (Å²) in [5.41, 5.74) is 2.93. The third-order valence-corrected chi connectivity index (χ3v) is 3.82. The number of amides is 2. The van der Waals surface area contributed by atoms with Gasteiger partial charge in [-0.3, -0.25) is 19.9 Å². The predicted octanol–water partition coefficient (Wildman–Crippen LogP) is 0.231. The summed E-state index contributed by atoms with van der Waals surface area (Å²) in [6.45, 7) is 4.85. The number of hydrogen-bond acceptors (Lipinski definition) is 5. The van der Waals surface area contributed by atoms with Crippen molar-refractivity contribution in [1.82, 2.24) is 15.6 Å². The van der Waals surface area contributed by atoms with E-state index in [1.807, 2.05) is 0 Å². The van der Waals surface area contributed by atoms with Crippen LogP contribution in [0.3, 0.4) is 0 Å². The molecule has 1 saturated heterocycles. The van der Waals surface area contributed by atoms with Crippen molar-refractivity contribution < 1.29 is 14.0 Å². The van der Waals surface area contributed by atoms with Gasteiger partial charge in [0.2, 0.25) is 5.91 Å². The van der Waals surface area contributed by atoms with Crippen LogP contribution in [0.4, 0.5) is 0 Å². The summed E-state index contributed by atoms with van der Waals surface area (Å²) in [4.78, 5) is 24.7. The zero-order valence-corrected chi connectivity index (χ0v) is 12.2. The average Bonchev–Trinajstić information content (AvgIpc) is 2.94. The van der Waals surface area contributed by atoms with E-state index in [9.17, 15) is 9.59 Å². The summed E-state index contributed by atoms with van der Waals surface area (Å²) in [5, 5.41) is 2.87. The fourth-order valence-electron chi connectivity index (χ4n) is 2.60. The Bertz CT molecular complexity index is 492. The number of hydrazine groups is 1. The molecule has 7 nitrogen and oxygen atoms in total. The van der Waals surface area contributed by atoms with E-state index in [1.165, 1.54) is 13.2 Å². The molecule has 0 atom stereocenters. The second kappa shape index (κ2) is 7.24. The summed E-state index contributed by atoms with van der Waals surface area (Å²) in [7, 11) is 0. The summed E-state index contributed by atoms with van der Waals surface area (Å²) in [6.07, 6.45) is 3.58. The Morgan fingerprint density at radius 2 is 2.14 bits per heavy atom. The topological polar surface area (TPSA) is 101 Å². The molecule has 116 valence electrons. The van der Waals surface area contributed by atoms with Gasteiger partial charge in [0, 0.05) is 25.6 Å². The van der Waals surface area contributed by atoms with Gasteiger partial charge in [-0.25, -0.2) is 5.84 Å². The molecule has 1 aromatic heterocycles. The number of nitrogens with zero attached hydrogens (tertiary/aromatic N) is 1. The predicted molar refractivity (Wildman–Crippen MR) is 77.0 cm³/mol. The molecule has 0 aliphatic carbocycles. The molecule has 1 aliphatic rings. The van der Waals surface area contributed by atoms with Crippen LogP contribution in [-0.2, 0) is 11.3 Å². The van der Waals surface area contributed by atoms with Gasteiger partial charge in [0.15, 0.2) is 5.76 Å². The second-order valence-corrected chi connectivity index (χ2v) is 5.41. The molecule has 0 aromatic carbocycles. The fraction of sp³-hybridized carbons (Fsp3) is 0.571. The number of nitrogens with one attached hydrogen (secondary N) is 2. The van der Waals surface area contributed by atoms with Crippen molar-refractivity contribution in [3.8, 4) is 0 Å². The molecule has 4 N–H and O–H groups in total. The van der Waals surface area contributed by atoms with Gasteiger partial charge in [0.1, 0.15) is 0 Å². The first-order valence-corrected chi connectivity index (χ1v) is 7.14. The maximum Gasteiger partial charge on any atom is 0.301 e. The van der Waals surface area contributed by atoms with Crippen molar-refractivity contribution in [2.75, 3.05) is 19.6 Å². The lowest BCUT2D eigenvalue weighted by Crippen LogP contribution is -2.38. The molecule has 1 aliphatic heterocycles. The third-order valence-electron chi connectivity index (χ3n) is 3.82. The van der Waals surface area contributed by atoms with Gasteiger partial charge in [0.05, 0.1) is 6.26 Å². The van der Waals surface area contributed by atoms with Gasteiger partial charge in [-0.1, -0.05) is 0 Å². The van der Waals surface area contributed by atoms with Gasteiger partial charge >= 0.3 is 5.91 Å². The molecule has 0 radical (unpaired) electrons. The van der Waals surface area contributed by atoms with Crippen LogP contribution in [0.1, 0.15) is 35.9 Å². The molecule has 7 heteroatoms. The maximum atomic E-state index is 11.5. The van der Waals surface area contributed by atoms with Crippen LogP contribution in [0.5, 0.6) is 0 Å². The minimum absolute atomic E-state index is 0.0215. The highest BCUT2D eigenvalue weighted by Gasteiger charge is 2.22. The Labute approximate surface area is 123 Å². The smallest absolute Gasteiger partial charge is 0.301 e. The van der Waals surface area contributed by atoms with Crippen LogP contribution in [-0.4, -0.2) is 36.3 Å². The average molecular weight is 294 g/mol. The van der Waals surface area contributed by atoms with Gasteiger partial charge in [-0.2, -0.15) is 0 Å². The monoisotopic (exact) mass is 294 g/mol. The van der Waals surface area contributed by atoms with E-state index >= 15 is 0 Å². The van der Waals surface area contributed by atoms with Gasteiger partial charge in [0.25, 0.3) is 0 Å². The number of likely N-dealkylation sites (tertiary alicyclic amines) is 1. The lowest BCUT2D eigenvalue weighted by molar-refractivity contribution is -0.119. The van der Waals surface area contributed by atoms with Crippen LogP contribution in [0, 0.1) is 5.92 Å². The first-order chi connectivity index (χ1) is 10.1. The molecule has 1 aromatic rings. The SMILES string of the molecule is CC(=O)NCC1CCN(Cc2ccoc2C(=O)NN)CC1. The zero-order chi connectivity index (χ0) is 15.2. The number of nitrogens with two attached hydrogens (primary N) is 1. The number of rotatable bonds is 5. The van der Waals surface area contributed by atoms with E-state index in [0.717, 1.165) is 38.0 Å². The summed E-state index contributed by atoms with van der Waals surface area (Å²) >= 11 is 0. The Balaban J connectivity index is 1.82. The fourth-order valence-corrected chi connectivity index (χ4v) is 2.60. The van der Waals surface area contributed by atoms with E-state index in [2.05, 4.69) is 15.6 Å². The molecule has 21 heavy (non-hydrogen) atoms. The molecule has 2 rings (SSSR count). The molecule has 2 amide bonds. The van der Waals surface area contributed by atoms with Crippen molar-refractivity contribution in [3.63, 3.8) is 0 Å². The second-order valence-electron chi connectivity index (χ2n) is 5.41. The molecule has 0 saturated carbocycles. The summed E-state index contributed by atoms with van der Waals surface area (Å²) in [6, 6.07) is 1.80. The summed E-state index contributed by atoms with van der Waals surface area (Å²) < 4.78 is 5.18. The van der Waals surface area contributed by atoms with Crippen molar-refractivity contribution in [3.05, 3.63) is 23.7 Å². The molecule has 2 heterocycles. The van der Waals surface area contributed by atoms with Crippen LogP contribution < -0.4 is 16.6 Å². The molecule has 0 unspecified atom stereocenters. The zero-order valence-electron chi connectivity index (χ0n) is 12.2. The molecular weight excluding hydrogens is 272 g/mol. The number of hydrogen-bond donors (Lipinski definition) is 3.